The molecule has 0 bridgehead atoms. The summed E-state index contributed by atoms with van der Waals surface area (Å²) >= 11 is 0. The van der Waals surface area contributed by atoms with Gasteiger partial charge in [-0.25, -0.2) is 9.98 Å². The predicted molar refractivity (Wildman–Crippen MR) is 122 cm³/mol. The van der Waals surface area contributed by atoms with Crippen LogP contribution >= 0.6 is 0 Å². The number of benzene rings is 1. The molecule has 1 unspecified atom stereocenters. The van der Waals surface area contributed by atoms with Crippen molar-refractivity contribution in [2.75, 3.05) is 37.6 Å². The smallest absolute Gasteiger partial charge is 0.317 e. The Labute approximate surface area is 186 Å². The quantitative estimate of drug-likeness (QED) is 0.721. The van der Waals surface area contributed by atoms with Crippen LogP contribution in [0.2, 0.25) is 0 Å². The number of nitroso groups, excluding NO2 is 1. The summed E-state index contributed by atoms with van der Waals surface area (Å²) in [5.41, 5.74) is 9.01. The topological polar surface area (TPSA) is 94.9 Å². The van der Waals surface area contributed by atoms with Crippen molar-refractivity contribution >= 4 is 28.7 Å². The summed E-state index contributed by atoms with van der Waals surface area (Å²) in [5.74, 6) is -1.02. The number of halogens is 1. The van der Waals surface area contributed by atoms with E-state index < -0.39 is 11.7 Å². The van der Waals surface area contributed by atoms with Crippen molar-refractivity contribution in [2.45, 2.75) is 33.2 Å². The van der Waals surface area contributed by atoms with Gasteiger partial charge < -0.3 is 10.6 Å². The van der Waals surface area contributed by atoms with Crippen LogP contribution in [0.15, 0.2) is 29.3 Å². The van der Waals surface area contributed by atoms with E-state index in [-0.39, 0.29) is 24.0 Å². The number of anilines is 1. The molecule has 32 heavy (non-hydrogen) atoms. The zero-order valence-corrected chi connectivity index (χ0v) is 18.6. The molecule has 1 aromatic heterocycles. The number of primary amides is 1. The molecule has 8 nitrogen and oxygen atoms in total. The van der Waals surface area contributed by atoms with Crippen LogP contribution in [-0.4, -0.2) is 59.0 Å². The first-order valence-electron chi connectivity index (χ1n) is 10.9. The Morgan fingerprint density at radius 3 is 2.56 bits per heavy atom. The molecular formula is C23H28FN6O2+. The van der Waals surface area contributed by atoms with Crippen molar-refractivity contribution in [1.29, 1.82) is 0 Å². The third-order valence-electron chi connectivity index (χ3n) is 6.35. The van der Waals surface area contributed by atoms with Crippen LogP contribution in [0.25, 0.3) is 0 Å². The Morgan fingerprint density at radius 2 is 1.94 bits per heavy atom. The predicted octanol–water partition coefficient (Wildman–Crippen LogP) is 3.42. The molecule has 2 N–H and O–H groups in total. The standard InChI is InChI=1S/C23H27FN6O2/c1-4-16-13-30(32)22-18(27-16)6-5-17(21(22)24)15(3)28-9-11-29(12-10-28)20-8-7-19(23(25)31)26-14(20)2/h5-8,15H,4,9-13H2,1-3H3,(H-,25,31)/p+1. The first-order valence-corrected chi connectivity index (χ1v) is 10.9. The summed E-state index contributed by atoms with van der Waals surface area (Å²) in [5, 5.41) is 0. The summed E-state index contributed by atoms with van der Waals surface area (Å²) in [6, 6.07) is 6.83. The zero-order valence-electron chi connectivity index (χ0n) is 18.6. The van der Waals surface area contributed by atoms with Gasteiger partial charge in [-0.3, -0.25) is 9.69 Å². The summed E-state index contributed by atoms with van der Waals surface area (Å²) < 4.78 is 16.1. The molecule has 2 aliphatic heterocycles. The van der Waals surface area contributed by atoms with E-state index in [1.165, 1.54) is 0 Å². The van der Waals surface area contributed by atoms with Crippen molar-refractivity contribution in [1.82, 2.24) is 9.88 Å². The molecule has 4 rings (SSSR count). The molecule has 168 valence electrons. The Bertz CT molecular complexity index is 1110. The van der Waals surface area contributed by atoms with Gasteiger partial charge in [0.25, 0.3) is 5.91 Å². The highest BCUT2D eigenvalue weighted by molar-refractivity contribution is 5.91. The lowest BCUT2D eigenvalue weighted by atomic mass is 10.0. The largest absolute Gasteiger partial charge is 0.368 e. The van der Waals surface area contributed by atoms with Crippen LogP contribution in [-0.2, 0) is 0 Å². The lowest BCUT2D eigenvalue weighted by molar-refractivity contribution is -0.449. The third-order valence-corrected chi connectivity index (χ3v) is 6.35. The number of nitrogens with two attached hydrogens (primary N) is 1. The summed E-state index contributed by atoms with van der Waals surface area (Å²) in [4.78, 5) is 37.0. The van der Waals surface area contributed by atoms with Gasteiger partial charge >= 0.3 is 5.69 Å². The van der Waals surface area contributed by atoms with E-state index in [1.807, 2.05) is 26.8 Å². The minimum Gasteiger partial charge on any atom is -0.368 e. The number of aromatic nitrogens is 1. The lowest BCUT2D eigenvalue weighted by Gasteiger charge is -2.39. The molecule has 1 atom stereocenters. The summed E-state index contributed by atoms with van der Waals surface area (Å²) in [7, 11) is 0. The van der Waals surface area contributed by atoms with Crippen LogP contribution < -0.4 is 10.6 Å². The van der Waals surface area contributed by atoms with E-state index in [0.717, 1.165) is 48.0 Å². The first-order chi connectivity index (χ1) is 15.3. The molecule has 1 amide bonds. The Balaban J connectivity index is 1.49. The molecule has 0 spiro atoms. The average Bonchev–Trinajstić information content (AvgIpc) is 2.78. The fourth-order valence-corrected chi connectivity index (χ4v) is 4.43. The van der Waals surface area contributed by atoms with Gasteiger partial charge in [0.15, 0.2) is 0 Å². The highest BCUT2D eigenvalue weighted by Crippen LogP contribution is 2.38. The molecule has 0 saturated carbocycles. The molecule has 2 aromatic rings. The van der Waals surface area contributed by atoms with Crippen molar-refractivity contribution < 1.29 is 13.9 Å². The molecule has 1 saturated heterocycles. The molecule has 1 aromatic carbocycles. The molecular weight excluding hydrogens is 411 g/mol. The highest BCUT2D eigenvalue weighted by atomic mass is 19.1. The number of piperazine rings is 1. The normalized spacial score (nSPS) is 17.7. The van der Waals surface area contributed by atoms with Gasteiger partial charge in [0.05, 0.1) is 17.1 Å². The Hall–Kier alpha value is -3.20. The maximum Gasteiger partial charge on any atom is 0.317 e. The number of pyridine rings is 1. The van der Waals surface area contributed by atoms with Crippen LogP contribution in [0.4, 0.5) is 21.5 Å². The highest BCUT2D eigenvalue weighted by Gasteiger charge is 2.34. The van der Waals surface area contributed by atoms with Gasteiger partial charge in [0.1, 0.15) is 11.4 Å². The molecule has 9 heteroatoms. The molecule has 1 fully saturated rings. The number of hydrogen-bond acceptors (Lipinski definition) is 6. The zero-order chi connectivity index (χ0) is 23.0. The van der Waals surface area contributed by atoms with Gasteiger partial charge in [-0.15, -0.1) is 0 Å². The van der Waals surface area contributed by atoms with Gasteiger partial charge in [0.2, 0.25) is 12.4 Å². The number of carbonyl (C=O) groups excluding carboxylic acids is 1. The second kappa shape index (κ2) is 8.74. The maximum atomic E-state index is 15.3. The van der Waals surface area contributed by atoms with Crippen LogP contribution in [0.1, 0.15) is 48.1 Å². The molecule has 0 radical (unpaired) electrons. The van der Waals surface area contributed by atoms with E-state index >= 15 is 4.39 Å². The van der Waals surface area contributed by atoms with Crippen molar-refractivity contribution in [3.8, 4) is 0 Å². The average molecular weight is 440 g/mol. The fraction of sp³-hybridized carbons (Fsp3) is 0.435. The number of aryl methyl sites for hydroxylation is 1. The molecule has 2 aliphatic rings. The lowest BCUT2D eigenvalue weighted by Crippen LogP contribution is -2.47. The van der Waals surface area contributed by atoms with Crippen LogP contribution in [0.5, 0.6) is 0 Å². The molecule has 3 heterocycles. The Morgan fingerprint density at radius 1 is 1.22 bits per heavy atom. The van der Waals surface area contributed by atoms with E-state index in [4.69, 9.17) is 5.73 Å². The maximum absolute atomic E-state index is 15.3. The molecule has 0 aliphatic carbocycles. The van der Waals surface area contributed by atoms with Crippen molar-refractivity contribution in [2.24, 2.45) is 10.7 Å². The monoisotopic (exact) mass is 439 g/mol. The fourth-order valence-electron chi connectivity index (χ4n) is 4.43. The van der Waals surface area contributed by atoms with Gasteiger partial charge in [-0.1, -0.05) is 13.0 Å². The van der Waals surface area contributed by atoms with Crippen LogP contribution in [0.3, 0.4) is 0 Å². The van der Waals surface area contributed by atoms with Crippen molar-refractivity contribution in [3.63, 3.8) is 0 Å². The summed E-state index contributed by atoms with van der Waals surface area (Å²) in [6.07, 6.45) is 0.669. The first kappa shape index (κ1) is 22.0. The minimum atomic E-state index is -0.543. The van der Waals surface area contributed by atoms with Crippen LogP contribution in [0, 0.1) is 17.6 Å². The number of nitrogens with zero attached hydrogens (tertiary/aromatic N) is 5. The Kier molecular flexibility index (Phi) is 6.01. The van der Waals surface area contributed by atoms with Gasteiger partial charge in [-0.2, -0.15) is 4.39 Å². The minimum absolute atomic E-state index is 0.0430. The number of carbonyl (C=O) groups is 1. The second-order valence-corrected chi connectivity index (χ2v) is 8.27. The number of fused-ring (bicyclic) bond motifs is 1. The SMILES string of the molecule is CCC1=Nc2ccc(C(C)N3CCN(c4ccc(C(N)=O)nc4C)CC3)c(F)c2[N+](=O)C1. The number of aliphatic imine (C=N–C) groups is 1. The van der Waals surface area contributed by atoms with Gasteiger partial charge in [0, 0.05) is 47.5 Å². The number of hydrogen-bond donors (Lipinski definition) is 1. The second-order valence-electron chi connectivity index (χ2n) is 8.27. The van der Waals surface area contributed by atoms with E-state index in [0.29, 0.717) is 17.7 Å². The number of amides is 1. The van der Waals surface area contributed by atoms with E-state index in [9.17, 15) is 9.70 Å². The summed E-state index contributed by atoms with van der Waals surface area (Å²) in [6.45, 7) is 8.82. The van der Waals surface area contributed by atoms with E-state index in [1.54, 1.807) is 18.2 Å². The number of rotatable bonds is 5. The van der Waals surface area contributed by atoms with Crippen molar-refractivity contribution in [3.05, 3.63) is 51.9 Å². The third kappa shape index (κ3) is 4.00. The van der Waals surface area contributed by atoms with Gasteiger partial charge in [-0.05, 0) is 38.5 Å². The van der Waals surface area contributed by atoms with E-state index in [2.05, 4.69) is 19.8 Å².